The van der Waals surface area contributed by atoms with Gasteiger partial charge in [-0.15, -0.1) is 0 Å². The van der Waals surface area contributed by atoms with Crippen molar-refractivity contribution in [3.63, 3.8) is 0 Å². The molecule has 112 valence electrons. The Bertz CT molecular complexity index is 584. The summed E-state index contributed by atoms with van der Waals surface area (Å²) >= 11 is 0. The van der Waals surface area contributed by atoms with Crippen molar-refractivity contribution in [1.29, 1.82) is 0 Å². The summed E-state index contributed by atoms with van der Waals surface area (Å²) in [5.41, 5.74) is -0.165. The first kappa shape index (κ1) is 15.3. The Balaban J connectivity index is 2.13. The van der Waals surface area contributed by atoms with E-state index in [0.29, 0.717) is 6.07 Å². The van der Waals surface area contributed by atoms with Gasteiger partial charge in [-0.1, -0.05) is 6.92 Å². The van der Waals surface area contributed by atoms with Gasteiger partial charge in [-0.25, -0.2) is 21.9 Å². The molecule has 1 saturated heterocycles. The molecular formula is C13H18F2N2O2S. The zero-order chi connectivity index (χ0) is 14.8. The normalized spacial score (nSPS) is 18.9. The summed E-state index contributed by atoms with van der Waals surface area (Å²) in [6.07, 6.45) is 1.67. The van der Waals surface area contributed by atoms with Gasteiger partial charge in [0.15, 0.2) is 0 Å². The smallest absolute Gasteiger partial charge is 0.243 e. The first-order valence-electron chi connectivity index (χ1n) is 6.48. The molecule has 1 aliphatic heterocycles. The summed E-state index contributed by atoms with van der Waals surface area (Å²) in [7, 11) is -4.04. The average Bonchev–Trinajstić information content (AvgIpc) is 2.40. The fourth-order valence-corrected chi connectivity index (χ4v) is 3.52. The average molecular weight is 304 g/mol. The van der Waals surface area contributed by atoms with E-state index in [1.807, 2.05) is 6.92 Å². The topological polar surface area (TPSA) is 58.2 Å². The number of rotatable bonds is 4. The van der Waals surface area contributed by atoms with Gasteiger partial charge in [0.2, 0.25) is 10.0 Å². The Morgan fingerprint density at radius 1 is 1.30 bits per heavy atom. The Labute approximate surface area is 117 Å². The van der Waals surface area contributed by atoms with Gasteiger partial charge in [0.1, 0.15) is 16.5 Å². The first-order chi connectivity index (χ1) is 9.32. The van der Waals surface area contributed by atoms with E-state index in [1.54, 1.807) is 0 Å². The maximum Gasteiger partial charge on any atom is 0.243 e. The quantitative estimate of drug-likeness (QED) is 0.889. The van der Waals surface area contributed by atoms with Gasteiger partial charge >= 0.3 is 0 Å². The molecule has 2 rings (SSSR count). The van der Waals surface area contributed by atoms with Crippen LogP contribution in [-0.2, 0) is 10.0 Å². The molecule has 0 bridgehead atoms. The van der Waals surface area contributed by atoms with E-state index in [0.717, 1.165) is 38.1 Å². The van der Waals surface area contributed by atoms with Gasteiger partial charge in [0, 0.05) is 6.54 Å². The third kappa shape index (κ3) is 3.53. The maximum atomic E-state index is 13.5. The monoisotopic (exact) mass is 304 g/mol. The second kappa shape index (κ2) is 5.75. The van der Waals surface area contributed by atoms with E-state index < -0.39 is 26.6 Å². The molecule has 0 aromatic heterocycles. The van der Waals surface area contributed by atoms with Gasteiger partial charge in [-0.05, 0) is 49.5 Å². The molecule has 2 N–H and O–H groups in total. The highest BCUT2D eigenvalue weighted by atomic mass is 32.2. The van der Waals surface area contributed by atoms with Crippen LogP contribution in [0.25, 0.3) is 0 Å². The molecule has 7 heteroatoms. The van der Waals surface area contributed by atoms with E-state index in [1.165, 1.54) is 0 Å². The minimum atomic E-state index is -4.04. The molecule has 1 aromatic rings. The summed E-state index contributed by atoms with van der Waals surface area (Å²) in [6, 6.07) is 2.40. The molecule has 0 saturated carbocycles. The molecule has 20 heavy (non-hydrogen) atoms. The number of hydrogen-bond acceptors (Lipinski definition) is 3. The number of benzene rings is 1. The third-order valence-electron chi connectivity index (χ3n) is 3.68. The first-order valence-corrected chi connectivity index (χ1v) is 7.96. The zero-order valence-electron chi connectivity index (χ0n) is 11.2. The molecule has 1 heterocycles. The maximum absolute atomic E-state index is 13.5. The van der Waals surface area contributed by atoms with Crippen molar-refractivity contribution in [3.8, 4) is 0 Å². The lowest BCUT2D eigenvalue weighted by atomic mass is 9.81. The molecule has 1 fully saturated rings. The van der Waals surface area contributed by atoms with E-state index in [9.17, 15) is 17.2 Å². The molecule has 0 spiro atoms. The number of halogens is 2. The highest BCUT2D eigenvalue weighted by Gasteiger charge is 2.29. The van der Waals surface area contributed by atoms with Crippen molar-refractivity contribution in [2.75, 3.05) is 19.6 Å². The molecule has 1 aliphatic rings. The number of nitrogens with one attached hydrogen (secondary N) is 2. The van der Waals surface area contributed by atoms with Crippen LogP contribution in [0.15, 0.2) is 23.1 Å². The standard InChI is InChI=1S/C13H18F2N2O2S/c1-13(4-6-16-7-5-13)9-17-20(18,19)12-8-10(14)2-3-11(12)15/h2-3,8,16-17H,4-7,9H2,1H3. The van der Waals surface area contributed by atoms with Crippen LogP contribution in [0.5, 0.6) is 0 Å². The molecule has 0 atom stereocenters. The Kier molecular flexibility index (Phi) is 4.41. The van der Waals surface area contributed by atoms with Crippen molar-refractivity contribution >= 4 is 10.0 Å². The molecule has 0 aliphatic carbocycles. The zero-order valence-corrected chi connectivity index (χ0v) is 12.1. The highest BCUT2D eigenvalue weighted by molar-refractivity contribution is 7.89. The van der Waals surface area contributed by atoms with Crippen LogP contribution in [0.1, 0.15) is 19.8 Å². The second-order valence-corrected chi connectivity index (χ2v) is 7.20. The third-order valence-corrected chi connectivity index (χ3v) is 5.10. The van der Waals surface area contributed by atoms with Gasteiger partial charge < -0.3 is 5.32 Å². The lowest BCUT2D eigenvalue weighted by Gasteiger charge is -2.34. The van der Waals surface area contributed by atoms with Crippen LogP contribution in [0.3, 0.4) is 0 Å². The lowest BCUT2D eigenvalue weighted by Crippen LogP contribution is -2.43. The van der Waals surface area contributed by atoms with Crippen molar-refractivity contribution in [2.45, 2.75) is 24.7 Å². The van der Waals surface area contributed by atoms with Crippen LogP contribution in [0.4, 0.5) is 8.78 Å². The fraction of sp³-hybridized carbons (Fsp3) is 0.538. The SMILES string of the molecule is CC1(CNS(=O)(=O)c2cc(F)ccc2F)CCNCC1. The predicted molar refractivity (Wildman–Crippen MR) is 71.8 cm³/mol. The van der Waals surface area contributed by atoms with Crippen molar-refractivity contribution < 1.29 is 17.2 Å². The minimum absolute atomic E-state index is 0.165. The second-order valence-electron chi connectivity index (χ2n) is 5.46. The van der Waals surface area contributed by atoms with Gasteiger partial charge in [-0.3, -0.25) is 0 Å². The largest absolute Gasteiger partial charge is 0.317 e. The summed E-state index contributed by atoms with van der Waals surface area (Å²) in [6.45, 7) is 3.85. The molecule has 4 nitrogen and oxygen atoms in total. The van der Waals surface area contributed by atoms with Crippen molar-refractivity contribution in [3.05, 3.63) is 29.8 Å². The van der Waals surface area contributed by atoms with Crippen LogP contribution >= 0.6 is 0 Å². The van der Waals surface area contributed by atoms with E-state index in [2.05, 4.69) is 10.0 Å². The lowest BCUT2D eigenvalue weighted by molar-refractivity contribution is 0.232. The molecule has 1 aromatic carbocycles. The summed E-state index contributed by atoms with van der Waals surface area (Å²) in [4.78, 5) is -0.643. The van der Waals surface area contributed by atoms with E-state index in [-0.39, 0.29) is 12.0 Å². The predicted octanol–water partition coefficient (Wildman–Crippen LogP) is 1.63. The van der Waals surface area contributed by atoms with Gasteiger partial charge in [0.05, 0.1) is 0 Å². The highest BCUT2D eigenvalue weighted by Crippen LogP contribution is 2.27. The molecule has 0 radical (unpaired) electrons. The van der Waals surface area contributed by atoms with Crippen LogP contribution < -0.4 is 10.0 Å². The van der Waals surface area contributed by atoms with Crippen molar-refractivity contribution in [2.24, 2.45) is 5.41 Å². The number of sulfonamides is 1. The Morgan fingerprint density at radius 3 is 2.60 bits per heavy atom. The molecular weight excluding hydrogens is 286 g/mol. The van der Waals surface area contributed by atoms with Crippen LogP contribution in [0.2, 0.25) is 0 Å². The number of hydrogen-bond donors (Lipinski definition) is 2. The van der Waals surface area contributed by atoms with Crippen LogP contribution in [-0.4, -0.2) is 28.1 Å². The minimum Gasteiger partial charge on any atom is -0.317 e. The summed E-state index contributed by atoms with van der Waals surface area (Å²) in [5.74, 6) is -1.73. The summed E-state index contributed by atoms with van der Waals surface area (Å²) in [5, 5.41) is 3.20. The Hall–Kier alpha value is -1.05. The van der Waals surface area contributed by atoms with Gasteiger partial charge in [-0.2, -0.15) is 0 Å². The number of piperidine rings is 1. The van der Waals surface area contributed by atoms with Gasteiger partial charge in [0.25, 0.3) is 0 Å². The van der Waals surface area contributed by atoms with Crippen LogP contribution in [0, 0.1) is 17.0 Å². The van der Waals surface area contributed by atoms with E-state index in [4.69, 9.17) is 0 Å². The fourth-order valence-electron chi connectivity index (χ4n) is 2.24. The molecule has 0 unspecified atom stereocenters. The van der Waals surface area contributed by atoms with E-state index >= 15 is 0 Å². The molecule has 0 amide bonds. The summed E-state index contributed by atoms with van der Waals surface area (Å²) < 4.78 is 53.1. The Morgan fingerprint density at radius 2 is 1.95 bits per heavy atom. The van der Waals surface area contributed by atoms with Crippen molar-refractivity contribution in [1.82, 2.24) is 10.0 Å².